The minimum atomic E-state index is -0.696. The number of hydrogen-bond donors (Lipinski definition) is 2. The first-order chi connectivity index (χ1) is 12.2. The number of aliphatic hydroxyl groups is 1. The highest BCUT2D eigenvalue weighted by atomic mass is 35.5. The Morgan fingerprint density at radius 2 is 1.76 bits per heavy atom. The first kappa shape index (κ1) is 17.0. The van der Waals surface area contributed by atoms with Gasteiger partial charge in [-0.3, -0.25) is 0 Å². The standard InChI is InChI=1S/C20H16ClN3O/c21-18-10-14(11-22)12-23-20(18)24-13-19(25)17-8-6-16(7-9-17)15-4-2-1-3-5-15/h1-10,12,19,25H,13H2,(H,23,24). The number of nitrogens with one attached hydrogen (secondary N) is 1. The van der Waals surface area contributed by atoms with Gasteiger partial charge in [-0.15, -0.1) is 0 Å². The summed E-state index contributed by atoms with van der Waals surface area (Å²) in [6.07, 6.45) is 0.744. The summed E-state index contributed by atoms with van der Waals surface area (Å²) >= 11 is 6.07. The van der Waals surface area contributed by atoms with Crippen LogP contribution in [0.2, 0.25) is 5.02 Å². The van der Waals surface area contributed by atoms with Gasteiger partial charge in [-0.25, -0.2) is 4.98 Å². The van der Waals surface area contributed by atoms with Crippen molar-refractivity contribution in [1.82, 2.24) is 4.98 Å². The maximum absolute atomic E-state index is 10.3. The molecule has 0 aliphatic heterocycles. The van der Waals surface area contributed by atoms with Crippen LogP contribution in [0.15, 0.2) is 66.9 Å². The Kier molecular flexibility index (Phi) is 5.30. The topological polar surface area (TPSA) is 68.9 Å². The van der Waals surface area contributed by atoms with Crippen molar-refractivity contribution < 1.29 is 5.11 Å². The molecule has 0 saturated heterocycles. The number of rotatable bonds is 5. The van der Waals surface area contributed by atoms with Crippen LogP contribution in [-0.2, 0) is 0 Å². The Labute approximate surface area is 151 Å². The second kappa shape index (κ2) is 7.80. The number of anilines is 1. The van der Waals surface area contributed by atoms with Crippen molar-refractivity contribution in [1.29, 1.82) is 5.26 Å². The molecule has 0 fully saturated rings. The Morgan fingerprint density at radius 3 is 2.40 bits per heavy atom. The lowest BCUT2D eigenvalue weighted by Gasteiger charge is -2.14. The third-order valence-corrected chi connectivity index (χ3v) is 4.12. The highest BCUT2D eigenvalue weighted by Gasteiger charge is 2.10. The Morgan fingerprint density at radius 1 is 1.08 bits per heavy atom. The van der Waals surface area contributed by atoms with Gasteiger partial charge in [-0.2, -0.15) is 5.26 Å². The largest absolute Gasteiger partial charge is 0.387 e. The van der Waals surface area contributed by atoms with E-state index in [1.54, 1.807) is 0 Å². The van der Waals surface area contributed by atoms with E-state index < -0.39 is 6.10 Å². The van der Waals surface area contributed by atoms with Crippen LogP contribution < -0.4 is 5.32 Å². The van der Waals surface area contributed by atoms with Crippen LogP contribution in [0.4, 0.5) is 5.82 Å². The summed E-state index contributed by atoms with van der Waals surface area (Å²) in [7, 11) is 0. The number of pyridine rings is 1. The molecular weight excluding hydrogens is 334 g/mol. The monoisotopic (exact) mass is 349 g/mol. The smallest absolute Gasteiger partial charge is 0.144 e. The minimum absolute atomic E-state index is 0.267. The van der Waals surface area contributed by atoms with Crippen molar-refractivity contribution in [2.24, 2.45) is 0 Å². The molecule has 2 N–H and O–H groups in total. The van der Waals surface area contributed by atoms with E-state index in [4.69, 9.17) is 16.9 Å². The molecule has 3 aromatic rings. The van der Waals surface area contributed by atoms with Crippen molar-refractivity contribution in [2.75, 3.05) is 11.9 Å². The lowest BCUT2D eigenvalue weighted by Crippen LogP contribution is -2.13. The second-order valence-corrected chi connectivity index (χ2v) is 5.96. The molecule has 124 valence electrons. The van der Waals surface area contributed by atoms with E-state index in [2.05, 4.69) is 10.3 Å². The van der Waals surface area contributed by atoms with Crippen LogP contribution >= 0.6 is 11.6 Å². The van der Waals surface area contributed by atoms with Crippen LogP contribution in [-0.4, -0.2) is 16.6 Å². The maximum Gasteiger partial charge on any atom is 0.144 e. The molecule has 1 aromatic heterocycles. The number of nitrogens with zero attached hydrogens (tertiary/aromatic N) is 2. The average Bonchev–Trinajstić information content (AvgIpc) is 2.67. The van der Waals surface area contributed by atoms with Crippen LogP contribution in [0.5, 0.6) is 0 Å². The third-order valence-electron chi connectivity index (χ3n) is 3.84. The lowest BCUT2D eigenvalue weighted by atomic mass is 10.0. The van der Waals surface area contributed by atoms with E-state index in [-0.39, 0.29) is 6.54 Å². The van der Waals surface area contributed by atoms with Crippen molar-refractivity contribution in [3.8, 4) is 17.2 Å². The molecule has 0 amide bonds. The minimum Gasteiger partial charge on any atom is -0.387 e. The normalized spacial score (nSPS) is 11.6. The Balaban J connectivity index is 1.65. The van der Waals surface area contributed by atoms with E-state index in [1.165, 1.54) is 12.3 Å². The van der Waals surface area contributed by atoms with E-state index in [1.807, 2.05) is 60.7 Å². The van der Waals surface area contributed by atoms with Gasteiger partial charge in [0.05, 0.1) is 16.7 Å². The zero-order chi connectivity index (χ0) is 17.6. The predicted molar refractivity (Wildman–Crippen MR) is 99.3 cm³/mol. The van der Waals surface area contributed by atoms with Gasteiger partial charge in [-0.1, -0.05) is 66.2 Å². The van der Waals surface area contributed by atoms with Crippen LogP contribution in [0, 0.1) is 11.3 Å². The molecule has 5 heteroatoms. The van der Waals surface area contributed by atoms with Gasteiger partial charge in [0.15, 0.2) is 0 Å². The first-order valence-corrected chi connectivity index (χ1v) is 8.18. The molecule has 4 nitrogen and oxygen atoms in total. The van der Waals surface area contributed by atoms with Gasteiger partial charge in [0.1, 0.15) is 11.9 Å². The molecule has 2 aromatic carbocycles. The molecule has 3 rings (SSSR count). The van der Waals surface area contributed by atoms with Crippen LogP contribution in [0.3, 0.4) is 0 Å². The number of benzene rings is 2. The molecule has 0 spiro atoms. The molecule has 1 heterocycles. The molecule has 0 radical (unpaired) electrons. The lowest BCUT2D eigenvalue weighted by molar-refractivity contribution is 0.191. The molecule has 1 unspecified atom stereocenters. The van der Waals surface area contributed by atoms with Gasteiger partial charge in [0.25, 0.3) is 0 Å². The third kappa shape index (κ3) is 4.16. The average molecular weight is 350 g/mol. The summed E-state index contributed by atoms with van der Waals surface area (Å²) in [6.45, 7) is 0.267. The number of hydrogen-bond acceptors (Lipinski definition) is 4. The summed E-state index contributed by atoms with van der Waals surface area (Å²) in [4.78, 5) is 4.09. The van der Waals surface area contributed by atoms with Gasteiger partial charge in [0.2, 0.25) is 0 Å². The zero-order valence-corrected chi connectivity index (χ0v) is 14.1. The Bertz CT molecular complexity index is 889. The molecular formula is C20H16ClN3O. The molecule has 1 atom stereocenters. The van der Waals surface area contributed by atoms with E-state index in [0.717, 1.165) is 16.7 Å². The summed E-state index contributed by atoms with van der Waals surface area (Å²) < 4.78 is 0. The quantitative estimate of drug-likeness (QED) is 0.715. The number of halogens is 1. The summed E-state index contributed by atoms with van der Waals surface area (Å²) in [5.74, 6) is 0.445. The number of nitriles is 1. The number of aromatic nitrogens is 1. The summed E-state index contributed by atoms with van der Waals surface area (Å²) in [6, 6.07) is 21.4. The van der Waals surface area contributed by atoms with E-state index in [0.29, 0.717) is 16.4 Å². The van der Waals surface area contributed by atoms with Crippen LogP contribution in [0.1, 0.15) is 17.2 Å². The first-order valence-electron chi connectivity index (χ1n) is 7.80. The highest BCUT2D eigenvalue weighted by molar-refractivity contribution is 6.33. The van der Waals surface area contributed by atoms with Crippen molar-refractivity contribution in [3.05, 3.63) is 83.0 Å². The fourth-order valence-corrected chi connectivity index (χ4v) is 2.70. The molecule has 0 saturated carbocycles. The van der Waals surface area contributed by atoms with Crippen molar-refractivity contribution in [2.45, 2.75) is 6.10 Å². The van der Waals surface area contributed by atoms with E-state index in [9.17, 15) is 5.11 Å². The number of aliphatic hydroxyl groups excluding tert-OH is 1. The molecule has 25 heavy (non-hydrogen) atoms. The fraction of sp³-hybridized carbons (Fsp3) is 0.100. The fourth-order valence-electron chi connectivity index (χ4n) is 2.47. The van der Waals surface area contributed by atoms with Gasteiger partial charge >= 0.3 is 0 Å². The van der Waals surface area contributed by atoms with Crippen molar-refractivity contribution >= 4 is 17.4 Å². The highest BCUT2D eigenvalue weighted by Crippen LogP contribution is 2.24. The summed E-state index contributed by atoms with van der Waals surface area (Å²) in [5.41, 5.74) is 3.43. The maximum atomic E-state index is 10.3. The SMILES string of the molecule is N#Cc1cnc(NCC(O)c2ccc(-c3ccccc3)cc2)c(Cl)c1. The summed E-state index contributed by atoms with van der Waals surface area (Å²) in [5, 5.41) is 22.5. The zero-order valence-electron chi connectivity index (χ0n) is 13.4. The van der Waals surface area contributed by atoms with Crippen LogP contribution in [0.25, 0.3) is 11.1 Å². The Hall–Kier alpha value is -2.87. The van der Waals surface area contributed by atoms with Gasteiger partial charge in [-0.05, 0) is 22.8 Å². The molecule has 0 aliphatic carbocycles. The van der Waals surface area contributed by atoms with E-state index >= 15 is 0 Å². The van der Waals surface area contributed by atoms with Gasteiger partial charge < -0.3 is 10.4 Å². The van der Waals surface area contributed by atoms with Crippen molar-refractivity contribution in [3.63, 3.8) is 0 Å². The second-order valence-electron chi connectivity index (χ2n) is 5.55. The van der Waals surface area contributed by atoms with Gasteiger partial charge in [0, 0.05) is 12.7 Å². The predicted octanol–water partition coefficient (Wildman–Crippen LogP) is 4.42. The molecule has 0 aliphatic rings. The molecule has 0 bridgehead atoms.